The Balaban J connectivity index is 2.29. The molecule has 5 heteroatoms. The number of aliphatic hydroxyl groups is 1. The third-order valence-corrected chi connectivity index (χ3v) is 3.86. The molecule has 0 aromatic heterocycles. The van der Waals surface area contributed by atoms with E-state index in [9.17, 15) is 9.59 Å². The lowest BCUT2D eigenvalue weighted by Crippen LogP contribution is -2.28. The van der Waals surface area contributed by atoms with Crippen LogP contribution in [0.1, 0.15) is 33.6 Å². The first-order chi connectivity index (χ1) is 8.32. The molecule has 0 radical (unpaired) electrons. The Labute approximate surface area is 108 Å². The molecule has 0 heterocycles. The third-order valence-electron chi connectivity index (χ3n) is 3.86. The molecule has 1 saturated carbocycles. The van der Waals surface area contributed by atoms with Gasteiger partial charge in [-0.05, 0) is 24.2 Å². The SMILES string of the molecule is CC(CO)CCCNC(=O)C1C(C(=O)O)C1(C)C. The van der Waals surface area contributed by atoms with Crippen LogP contribution in [-0.4, -0.2) is 35.2 Å². The number of hydrogen-bond donors (Lipinski definition) is 3. The zero-order valence-electron chi connectivity index (χ0n) is 11.3. The Bertz CT molecular complexity index is 327. The van der Waals surface area contributed by atoms with Gasteiger partial charge in [-0.25, -0.2) is 0 Å². The second kappa shape index (κ2) is 5.69. The molecular weight excluding hydrogens is 234 g/mol. The van der Waals surface area contributed by atoms with E-state index < -0.39 is 23.2 Å². The van der Waals surface area contributed by atoms with Crippen molar-refractivity contribution in [3.63, 3.8) is 0 Å². The van der Waals surface area contributed by atoms with Gasteiger partial charge >= 0.3 is 5.97 Å². The molecule has 0 spiro atoms. The van der Waals surface area contributed by atoms with Gasteiger partial charge in [-0.15, -0.1) is 0 Å². The molecule has 0 aromatic rings. The number of hydrogen-bond acceptors (Lipinski definition) is 3. The topological polar surface area (TPSA) is 86.6 Å². The minimum atomic E-state index is -0.894. The first-order valence-electron chi connectivity index (χ1n) is 6.43. The fourth-order valence-electron chi connectivity index (χ4n) is 2.45. The lowest BCUT2D eigenvalue weighted by Gasteiger charge is -2.08. The van der Waals surface area contributed by atoms with E-state index in [1.807, 2.05) is 20.8 Å². The average molecular weight is 257 g/mol. The molecule has 0 aromatic carbocycles. The summed E-state index contributed by atoms with van der Waals surface area (Å²) < 4.78 is 0. The number of carboxylic acids is 1. The summed E-state index contributed by atoms with van der Waals surface area (Å²) in [6, 6.07) is 0. The Morgan fingerprint density at radius 3 is 2.39 bits per heavy atom. The zero-order valence-corrected chi connectivity index (χ0v) is 11.3. The number of carboxylic acid groups (broad SMARTS) is 1. The van der Waals surface area contributed by atoms with Gasteiger partial charge in [0.25, 0.3) is 0 Å². The normalized spacial score (nSPS) is 26.4. The summed E-state index contributed by atoms with van der Waals surface area (Å²) in [4.78, 5) is 22.8. The lowest BCUT2D eigenvalue weighted by atomic mass is 10.1. The van der Waals surface area contributed by atoms with E-state index >= 15 is 0 Å². The van der Waals surface area contributed by atoms with Crippen LogP contribution in [0.3, 0.4) is 0 Å². The summed E-state index contributed by atoms with van der Waals surface area (Å²) in [5.74, 6) is -1.79. The van der Waals surface area contributed by atoms with Gasteiger partial charge in [0.1, 0.15) is 0 Å². The van der Waals surface area contributed by atoms with E-state index in [0.717, 1.165) is 12.8 Å². The summed E-state index contributed by atoms with van der Waals surface area (Å²) >= 11 is 0. The molecule has 0 saturated heterocycles. The van der Waals surface area contributed by atoms with Crippen LogP contribution in [-0.2, 0) is 9.59 Å². The van der Waals surface area contributed by atoms with Crippen molar-refractivity contribution < 1.29 is 19.8 Å². The summed E-state index contributed by atoms with van der Waals surface area (Å²) in [7, 11) is 0. The minimum Gasteiger partial charge on any atom is -0.481 e. The number of carbonyl (C=O) groups is 2. The maximum Gasteiger partial charge on any atom is 0.307 e. The van der Waals surface area contributed by atoms with E-state index in [1.54, 1.807) is 0 Å². The molecule has 1 rings (SSSR count). The maximum atomic E-state index is 11.8. The van der Waals surface area contributed by atoms with E-state index in [-0.39, 0.29) is 18.4 Å². The summed E-state index contributed by atoms with van der Waals surface area (Å²) in [5, 5.41) is 20.6. The lowest BCUT2D eigenvalue weighted by molar-refractivity contribution is -0.140. The van der Waals surface area contributed by atoms with Crippen molar-refractivity contribution >= 4 is 11.9 Å². The summed E-state index contributed by atoms with van der Waals surface area (Å²) in [6.45, 7) is 6.27. The first kappa shape index (κ1) is 15.0. The fourth-order valence-corrected chi connectivity index (χ4v) is 2.45. The van der Waals surface area contributed by atoms with E-state index in [2.05, 4.69) is 5.32 Å². The van der Waals surface area contributed by atoms with Gasteiger partial charge in [-0.1, -0.05) is 20.8 Å². The largest absolute Gasteiger partial charge is 0.481 e. The maximum absolute atomic E-state index is 11.8. The van der Waals surface area contributed by atoms with Crippen LogP contribution in [0.15, 0.2) is 0 Å². The molecule has 0 aliphatic heterocycles. The molecule has 5 nitrogen and oxygen atoms in total. The van der Waals surface area contributed by atoms with Crippen molar-refractivity contribution in [2.24, 2.45) is 23.2 Å². The number of rotatable bonds is 7. The van der Waals surface area contributed by atoms with Crippen molar-refractivity contribution in [3.05, 3.63) is 0 Å². The number of aliphatic carboxylic acids is 1. The van der Waals surface area contributed by atoms with Crippen LogP contribution in [0.2, 0.25) is 0 Å². The summed E-state index contributed by atoms with van der Waals surface area (Å²) in [6.07, 6.45) is 1.66. The average Bonchev–Trinajstić information content (AvgIpc) is 2.87. The van der Waals surface area contributed by atoms with E-state index in [4.69, 9.17) is 10.2 Å². The number of nitrogens with one attached hydrogen (secondary N) is 1. The molecule has 18 heavy (non-hydrogen) atoms. The Morgan fingerprint density at radius 1 is 1.33 bits per heavy atom. The highest BCUT2D eigenvalue weighted by Gasteiger charge is 2.65. The van der Waals surface area contributed by atoms with Crippen molar-refractivity contribution in [3.8, 4) is 0 Å². The second-order valence-corrected chi connectivity index (χ2v) is 5.84. The number of aliphatic hydroxyl groups excluding tert-OH is 1. The molecule has 3 unspecified atom stereocenters. The Morgan fingerprint density at radius 2 is 1.94 bits per heavy atom. The van der Waals surface area contributed by atoms with Gasteiger partial charge in [-0.2, -0.15) is 0 Å². The monoisotopic (exact) mass is 257 g/mol. The molecular formula is C13H23NO4. The fraction of sp³-hybridized carbons (Fsp3) is 0.846. The van der Waals surface area contributed by atoms with Gasteiger partial charge in [0.05, 0.1) is 11.8 Å². The molecule has 1 fully saturated rings. The number of amides is 1. The quantitative estimate of drug-likeness (QED) is 0.591. The third kappa shape index (κ3) is 3.22. The molecule has 1 aliphatic rings. The van der Waals surface area contributed by atoms with Gasteiger partial charge in [0, 0.05) is 13.2 Å². The van der Waals surface area contributed by atoms with Crippen LogP contribution in [0.25, 0.3) is 0 Å². The van der Waals surface area contributed by atoms with Crippen molar-refractivity contribution in [2.75, 3.05) is 13.2 Å². The first-order valence-corrected chi connectivity index (χ1v) is 6.43. The van der Waals surface area contributed by atoms with Crippen molar-refractivity contribution in [1.82, 2.24) is 5.32 Å². The highest BCUT2D eigenvalue weighted by atomic mass is 16.4. The molecule has 3 atom stereocenters. The van der Waals surface area contributed by atoms with Gasteiger partial charge in [-0.3, -0.25) is 9.59 Å². The molecule has 1 aliphatic carbocycles. The van der Waals surface area contributed by atoms with Crippen molar-refractivity contribution in [1.29, 1.82) is 0 Å². The van der Waals surface area contributed by atoms with Crippen LogP contribution in [0.4, 0.5) is 0 Å². The van der Waals surface area contributed by atoms with E-state index in [1.165, 1.54) is 0 Å². The second-order valence-electron chi connectivity index (χ2n) is 5.84. The standard InChI is InChI=1S/C13H23NO4/c1-8(7-15)5-4-6-14-11(16)9-10(12(17)18)13(9,2)3/h8-10,15H,4-7H2,1-3H3,(H,14,16)(H,17,18). The zero-order chi connectivity index (χ0) is 13.9. The highest BCUT2D eigenvalue weighted by Crippen LogP contribution is 2.58. The smallest absolute Gasteiger partial charge is 0.307 e. The van der Waals surface area contributed by atoms with Gasteiger partial charge in [0.2, 0.25) is 5.91 Å². The van der Waals surface area contributed by atoms with Crippen LogP contribution >= 0.6 is 0 Å². The number of carbonyl (C=O) groups excluding carboxylic acids is 1. The van der Waals surface area contributed by atoms with Crippen LogP contribution in [0.5, 0.6) is 0 Å². The Kier molecular flexibility index (Phi) is 4.73. The molecule has 104 valence electrons. The minimum absolute atomic E-state index is 0.157. The highest BCUT2D eigenvalue weighted by molar-refractivity contribution is 5.91. The van der Waals surface area contributed by atoms with Crippen LogP contribution < -0.4 is 5.32 Å². The predicted octanol–water partition coefficient (Wildman–Crippen LogP) is 0.868. The van der Waals surface area contributed by atoms with Crippen molar-refractivity contribution in [2.45, 2.75) is 33.6 Å². The van der Waals surface area contributed by atoms with Crippen LogP contribution in [0, 0.1) is 23.2 Å². The molecule has 3 N–H and O–H groups in total. The molecule has 0 bridgehead atoms. The van der Waals surface area contributed by atoms with E-state index in [0.29, 0.717) is 6.54 Å². The summed E-state index contributed by atoms with van der Waals surface area (Å²) in [5.41, 5.74) is -0.436. The Hall–Kier alpha value is -1.10. The molecule has 1 amide bonds. The van der Waals surface area contributed by atoms with Gasteiger partial charge in [0.15, 0.2) is 0 Å². The predicted molar refractivity (Wildman–Crippen MR) is 66.9 cm³/mol. The van der Waals surface area contributed by atoms with Gasteiger partial charge < -0.3 is 15.5 Å².